The number of rotatable bonds is 0. The smallest absolute Gasteiger partial charge is 0.228 e. The Balaban J connectivity index is 2.62. The average molecular weight is 288 g/mol. The maximum absolute atomic E-state index is 11.8. The van der Waals surface area contributed by atoms with Crippen LogP contribution in [0.25, 0.3) is 21.8 Å². The maximum Gasteiger partial charge on any atom is 0.228 e. The van der Waals surface area contributed by atoms with Crippen molar-refractivity contribution in [3.63, 3.8) is 0 Å². The molecular weight excluding hydrogens is 278 g/mol. The Kier molecular flexibility index (Phi) is 2.30. The van der Waals surface area contributed by atoms with E-state index in [0.717, 1.165) is 26.3 Å². The van der Waals surface area contributed by atoms with Crippen molar-refractivity contribution in [3.8, 4) is 0 Å². The van der Waals surface area contributed by atoms with Crippen LogP contribution in [0.15, 0.2) is 46.9 Å². The molecule has 0 atom stereocenters. The van der Waals surface area contributed by atoms with Crippen molar-refractivity contribution < 1.29 is 4.79 Å². The first-order valence-electron chi connectivity index (χ1n) is 5.38. The molecule has 0 saturated heterocycles. The fourth-order valence-corrected chi connectivity index (χ4v) is 2.65. The van der Waals surface area contributed by atoms with Crippen molar-refractivity contribution in [2.45, 2.75) is 6.92 Å². The monoisotopic (exact) mass is 287 g/mol. The SMILES string of the molecule is CC(=O)n1c2ccccc2c2cc(Br)ccc21. The topological polar surface area (TPSA) is 22.0 Å². The Morgan fingerprint density at radius 2 is 1.76 bits per heavy atom. The third kappa shape index (κ3) is 1.50. The van der Waals surface area contributed by atoms with E-state index in [1.54, 1.807) is 11.5 Å². The second-order valence-corrected chi connectivity index (χ2v) is 4.95. The highest BCUT2D eigenvalue weighted by atomic mass is 79.9. The highest BCUT2D eigenvalue weighted by Crippen LogP contribution is 2.30. The zero-order valence-electron chi connectivity index (χ0n) is 9.27. The molecule has 0 aliphatic rings. The van der Waals surface area contributed by atoms with Crippen molar-refractivity contribution in [2.75, 3.05) is 0 Å². The number of nitrogens with zero attached hydrogens (tertiary/aromatic N) is 1. The van der Waals surface area contributed by atoms with Crippen molar-refractivity contribution in [3.05, 3.63) is 46.9 Å². The average Bonchev–Trinajstić information content (AvgIpc) is 2.63. The number of aromatic nitrogens is 1. The van der Waals surface area contributed by atoms with Gasteiger partial charge in [0, 0.05) is 22.2 Å². The summed E-state index contributed by atoms with van der Waals surface area (Å²) in [6, 6.07) is 14.0. The van der Waals surface area contributed by atoms with Crippen LogP contribution in [-0.2, 0) is 0 Å². The molecule has 17 heavy (non-hydrogen) atoms. The van der Waals surface area contributed by atoms with Crippen molar-refractivity contribution in [1.82, 2.24) is 4.57 Å². The largest absolute Gasteiger partial charge is 0.280 e. The molecule has 0 amide bonds. The Hall–Kier alpha value is -1.61. The predicted molar refractivity (Wildman–Crippen MR) is 73.4 cm³/mol. The van der Waals surface area contributed by atoms with Crippen LogP contribution in [0.2, 0.25) is 0 Å². The highest BCUT2D eigenvalue weighted by Gasteiger charge is 2.12. The molecule has 84 valence electrons. The Labute approximate surface area is 107 Å². The molecule has 1 heterocycles. The minimum absolute atomic E-state index is 0.0403. The van der Waals surface area contributed by atoms with E-state index in [2.05, 4.69) is 22.0 Å². The lowest BCUT2D eigenvalue weighted by atomic mass is 10.2. The summed E-state index contributed by atoms with van der Waals surface area (Å²) in [7, 11) is 0. The molecule has 2 aromatic carbocycles. The summed E-state index contributed by atoms with van der Waals surface area (Å²) in [5, 5.41) is 2.21. The zero-order chi connectivity index (χ0) is 12.0. The van der Waals surface area contributed by atoms with Crippen LogP contribution >= 0.6 is 15.9 Å². The summed E-state index contributed by atoms with van der Waals surface area (Å²) in [5.74, 6) is 0.0403. The minimum atomic E-state index is 0.0403. The number of hydrogen-bond donors (Lipinski definition) is 0. The molecule has 0 radical (unpaired) electrons. The first kappa shape index (κ1) is 10.5. The standard InChI is InChI=1S/C14H10BrNO/c1-9(17)16-13-5-3-2-4-11(13)12-8-10(15)6-7-14(12)16/h2-8H,1H3. The number of hydrogen-bond acceptors (Lipinski definition) is 1. The van der Waals surface area contributed by atoms with Crippen LogP contribution in [-0.4, -0.2) is 10.5 Å². The van der Waals surface area contributed by atoms with Gasteiger partial charge in [0.05, 0.1) is 11.0 Å². The van der Waals surface area contributed by atoms with E-state index in [1.165, 1.54) is 0 Å². The third-order valence-corrected chi connectivity index (χ3v) is 3.44. The van der Waals surface area contributed by atoms with E-state index < -0.39 is 0 Å². The lowest BCUT2D eigenvalue weighted by molar-refractivity contribution is 0.0946. The summed E-state index contributed by atoms with van der Waals surface area (Å²) >= 11 is 3.47. The van der Waals surface area contributed by atoms with Crippen LogP contribution in [0.5, 0.6) is 0 Å². The zero-order valence-corrected chi connectivity index (χ0v) is 10.9. The number of carbonyl (C=O) groups excluding carboxylic acids is 1. The third-order valence-electron chi connectivity index (χ3n) is 2.95. The van der Waals surface area contributed by atoms with Gasteiger partial charge in [-0.2, -0.15) is 0 Å². The van der Waals surface area contributed by atoms with Gasteiger partial charge in [0.25, 0.3) is 0 Å². The molecule has 3 heteroatoms. The van der Waals surface area contributed by atoms with E-state index >= 15 is 0 Å². The number of benzene rings is 2. The quantitative estimate of drug-likeness (QED) is 0.607. The van der Waals surface area contributed by atoms with Crippen molar-refractivity contribution in [2.24, 2.45) is 0 Å². The van der Waals surface area contributed by atoms with Gasteiger partial charge in [0.15, 0.2) is 0 Å². The molecule has 0 spiro atoms. The summed E-state index contributed by atoms with van der Waals surface area (Å²) in [4.78, 5) is 11.8. The second-order valence-electron chi connectivity index (χ2n) is 4.03. The molecule has 3 rings (SSSR count). The molecule has 0 saturated carbocycles. The molecule has 0 bridgehead atoms. The summed E-state index contributed by atoms with van der Waals surface area (Å²) in [5.41, 5.74) is 1.93. The van der Waals surface area contributed by atoms with Gasteiger partial charge in [-0.3, -0.25) is 9.36 Å². The second kappa shape index (κ2) is 3.70. The van der Waals surface area contributed by atoms with Crippen LogP contribution < -0.4 is 0 Å². The van der Waals surface area contributed by atoms with Gasteiger partial charge in [-0.25, -0.2) is 0 Å². The fourth-order valence-electron chi connectivity index (χ4n) is 2.28. The van der Waals surface area contributed by atoms with Gasteiger partial charge in [-0.15, -0.1) is 0 Å². The van der Waals surface area contributed by atoms with Gasteiger partial charge in [0.2, 0.25) is 5.91 Å². The van der Waals surface area contributed by atoms with E-state index in [9.17, 15) is 4.79 Å². The highest BCUT2D eigenvalue weighted by molar-refractivity contribution is 9.10. The normalized spacial score (nSPS) is 11.2. The van der Waals surface area contributed by atoms with Gasteiger partial charge < -0.3 is 0 Å². The summed E-state index contributed by atoms with van der Waals surface area (Å²) in [6.45, 7) is 1.59. The Morgan fingerprint density at radius 3 is 2.53 bits per heavy atom. The number of halogens is 1. The maximum atomic E-state index is 11.8. The van der Waals surface area contributed by atoms with Gasteiger partial charge >= 0.3 is 0 Å². The first-order chi connectivity index (χ1) is 8.18. The van der Waals surface area contributed by atoms with Crippen molar-refractivity contribution in [1.29, 1.82) is 0 Å². The van der Waals surface area contributed by atoms with Gasteiger partial charge in [-0.1, -0.05) is 34.1 Å². The number of carbonyl (C=O) groups is 1. The molecule has 2 nitrogen and oxygen atoms in total. The summed E-state index contributed by atoms with van der Waals surface area (Å²) < 4.78 is 2.79. The molecule has 0 aliphatic heterocycles. The number of fused-ring (bicyclic) bond motifs is 3. The molecule has 0 aliphatic carbocycles. The Bertz CT molecular complexity index is 742. The molecule has 0 unspecified atom stereocenters. The first-order valence-corrected chi connectivity index (χ1v) is 6.17. The van der Waals surface area contributed by atoms with Gasteiger partial charge in [0.1, 0.15) is 0 Å². The minimum Gasteiger partial charge on any atom is -0.280 e. The van der Waals surface area contributed by atoms with E-state index in [0.29, 0.717) is 0 Å². The van der Waals surface area contributed by atoms with Crippen LogP contribution in [0.1, 0.15) is 11.7 Å². The van der Waals surface area contributed by atoms with E-state index in [-0.39, 0.29) is 5.91 Å². The van der Waals surface area contributed by atoms with E-state index in [4.69, 9.17) is 0 Å². The lowest BCUT2D eigenvalue weighted by Crippen LogP contribution is -2.04. The molecule has 0 N–H and O–H groups in total. The molecule has 1 aromatic heterocycles. The van der Waals surface area contributed by atoms with Crippen LogP contribution in [0.4, 0.5) is 0 Å². The van der Waals surface area contributed by atoms with Crippen LogP contribution in [0.3, 0.4) is 0 Å². The number of para-hydroxylation sites is 1. The molecule has 3 aromatic rings. The predicted octanol–water partition coefficient (Wildman–Crippen LogP) is 4.22. The fraction of sp³-hybridized carbons (Fsp3) is 0.0714. The lowest BCUT2D eigenvalue weighted by Gasteiger charge is -2.00. The van der Waals surface area contributed by atoms with E-state index in [1.807, 2.05) is 36.4 Å². The summed E-state index contributed by atoms with van der Waals surface area (Å²) in [6.07, 6.45) is 0. The van der Waals surface area contributed by atoms with Crippen LogP contribution in [0, 0.1) is 0 Å². The van der Waals surface area contributed by atoms with Crippen molar-refractivity contribution >= 4 is 43.6 Å². The molecule has 0 fully saturated rings. The van der Waals surface area contributed by atoms with Gasteiger partial charge in [-0.05, 0) is 24.3 Å². The Morgan fingerprint density at radius 1 is 1.06 bits per heavy atom. The molecular formula is C14H10BrNO.